The second-order valence-corrected chi connectivity index (χ2v) is 9.96. The van der Waals surface area contributed by atoms with Crippen LogP contribution in [0.15, 0.2) is 53.7 Å². The quantitative estimate of drug-likeness (QED) is 0.446. The second kappa shape index (κ2) is 12.1. The Morgan fingerprint density at radius 3 is 2.22 bits per heavy atom. The van der Waals surface area contributed by atoms with E-state index in [9.17, 15) is 4.79 Å². The minimum atomic E-state index is -0.0977. The predicted octanol–water partition coefficient (Wildman–Crippen LogP) is 3.32. The van der Waals surface area contributed by atoms with Gasteiger partial charge in [-0.25, -0.2) is 0 Å². The summed E-state index contributed by atoms with van der Waals surface area (Å²) < 4.78 is 12.9. The van der Waals surface area contributed by atoms with Crippen LogP contribution < -0.4 is 10.2 Å². The lowest BCUT2D eigenvalue weighted by atomic mass is 10.2. The number of anilines is 2. The molecule has 3 heterocycles. The van der Waals surface area contributed by atoms with Crippen molar-refractivity contribution in [2.75, 3.05) is 68.6 Å². The van der Waals surface area contributed by atoms with Crippen LogP contribution in [0.5, 0.6) is 0 Å². The van der Waals surface area contributed by atoms with Gasteiger partial charge in [0.15, 0.2) is 11.0 Å². The lowest BCUT2D eigenvalue weighted by Crippen LogP contribution is -2.36. The molecule has 2 aromatic carbocycles. The van der Waals surface area contributed by atoms with Gasteiger partial charge in [-0.05, 0) is 48.5 Å². The highest BCUT2D eigenvalue weighted by Gasteiger charge is 2.20. The van der Waals surface area contributed by atoms with E-state index in [0.717, 1.165) is 62.3 Å². The Balaban J connectivity index is 1.24. The first-order chi connectivity index (χ1) is 17.7. The second-order valence-electron chi connectivity index (χ2n) is 8.58. The van der Waals surface area contributed by atoms with Gasteiger partial charge in [-0.3, -0.25) is 14.3 Å². The summed E-state index contributed by atoms with van der Waals surface area (Å²) in [6, 6.07) is 15.5. The van der Waals surface area contributed by atoms with Crippen molar-refractivity contribution in [2.45, 2.75) is 11.7 Å². The average molecular weight is 529 g/mol. The number of hydrogen-bond acceptors (Lipinski definition) is 8. The lowest BCUT2D eigenvalue weighted by molar-refractivity contribution is -0.113. The molecular formula is C25H29ClN6O3S. The van der Waals surface area contributed by atoms with Crippen LogP contribution in [0.3, 0.4) is 0 Å². The summed E-state index contributed by atoms with van der Waals surface area (Å²) >= 11 is 7.47. The Hall–Kier alpha value is -2.63. The molecule has 0 unspecified atom stereocenters. The maximum Gasteiger partial charge on any atom is 0.234 e. The molecule has 2 aliphatic rings. The van der Waals surface area contributed by atoms with Crippen molar-refractivity contribution < 1.29 is 14.3 Å². The van der Waals surface area contributed by atoms with E-state index in [0.29, 0.717) is 29.9 Å². The Kier molecular flexibility index (Phi) is 8.40. The van der Waals surface area contributed by atoms with Crippen LogP contribution >= 0.6 is 23.4 Å². The summed E-state index contributed by atoms with van der Waals surface area (Å²) in [5.41, 5.74) is 2.81. The van der Waals surface area contributed by atoms with Gasteiger partial charge in [-0.2, -0.15) is 0 Å². The van der Waals surface area contributed by atoms with Gasteiger partial charge < -0.3 is 19.7 Å². The Bertz CT molecular complexity index is 1150. The van der Waals surface area contributed by atoms with Gasteiger partial charge in [0.25, 0.3) is 0 Å². The smallest absolute Gasteiger partial charge is 0.234 e. The number of benzene rings is 2. The van der Waals surface area contributed by atoms with Crippen molar-refractivity contribution in [2.24, 2.45) is 0 Å². The van der Waals surface area contributed by atoms with Crippen LogP contribution in [-0.4, -0.2) is 83.9 Å². The summed E-state index contributed by atoms with van der Waals surface area (Å²) in [6.07, 6.45) is 0. The highest BCUT2D eigenvalue weighted by molar-refractivity contribution is 7.99. The molecule has 9 nitrogen and oxygen atoms in total. The summed E-state index contributed by atoms with van der Waals surface area (Å²) in [6.45, 7) is 7.02. The Morgan fingerprint density at radius 1 is 0.889 bits per heavy atom. The molecule has 5 rings (SSSR count). The molecule has 0 saturated carbocycles. The average Bonchev–Trinajstić information content (AvgIpc) is 3.31. The highest BCUT2D eigenvalue weighted by atomic mass is 35.5. The fourth-order valence-electron chi connectivity index (χ4n) is 4.21. The molecule has 0 spiro atoms. The Morgan fingerprint density at radius 2 is 1.53 bits per heavy atom. The number of nitrogens with zero attached hydrogens (tertiary/aromatic N) is 5. The van der Waals surface area contributed by atoms with Crippen molar-refractivity contribution in [1.82, 2.24) is 19.7 Å². The van der Waals surface area contributed by atoms with Crippen LogP contribution in [0.2, 0.25) is 5.02 Å². The van der Waals surface area contributed by atoms with Gasteiger partial charge in [0, 0.05) is 48.3 Å². The molecule has 1 amide bonds. The minimum absolute atomic E-state index is 0.0977. The third-order valence-electron chi connectivity index (χ3n) is 6.11. The van der Waals surface area contributed by atoms with E-state index in [1.54, 1.807) is 0 Å². The molecule has 1 N–H and O–H groups in total. The molecule has 2 fully saturated rings. The maximum atomic E-state index is 12.7. The van der Waals surface area contributed by atoms with Gasteiger partial charge >= 0.3 is 0 Å². The molecule has 0 atom stereocenters. The number of halogens is 1. The van der Waals surface area contributed by atoms with Crippen LogP contribution in [0.25, 0.3) is 5.69 Å². The number of morpholine rings is 2. The summed E-state index contributed by atoms with van der Waals surface area (Å²) in [4.78, 5) is 17.3. The first kappa shape index (κ1) is 25.0. The predicted molar refractivity (Wildman–Crippen MR) is 141 cm³/mol. The number of ether oxygens (including phenoxy) is 2. The number of carbonyl (C=O) groups excluding carboxylic acids is 1. The van der Waals surface area contributed by atoms with Crippen molar-refractivity contribution in [3.63, 3.8) is 0 Å². The zero-order chi connectivity index (χ0) is 24.7. The number of rotatable bonds is 8. The van der Waals surface area contributed by atoms with E-state index >= 15 is 0 Å². The van der Waals surface area contributed by atoms with Crippen molar-refractivity contribution >= 4 is 40.6 Å². The molecule has 1 aromatic heterocycles. The molecule has 2 saturated heterocycles. The monoisotopic (exact) mass is 528 g/mol. The fourth-order valence-corrected chi connectivity index (χ4v) is 5.11. The molecule has 0 radical (unpaired) electrons. The van der Waals surface area contributed by atoms with E-state index < -0.39 is 0 Å². The summed E-state index contributed by atoms with van der Waals surface area (Å²) in [5.74, 6) is 0.939. The third kappa shape index (κ3) is 6.37. The number of nitrogens with one attached hydrogen (secondary N) is 1. The Labute approximate surface area is 219 Å². The molecule has 0 aliphatic carbocycles. The normalized spacial score (nSPS) is 16.8. The van der Waals surface area contributed by atoms with Crippen LogP contribution in [0.1, 0.15) is 5.82 Å². The van der Waals surface area contributed by atoms with E-state index in [1.807, 2.05) is 53.1 Å². The van der Waals surface area contributed by atoms with Gasteiger partial charge in [0.05, 0.1) is 38.7 Å². The molecule has 11 heteroatoms. The molecule has 2 aliphatic heterocycles. The van der Waals surface area contributed by atoms with Crippen molar-refractivity contribution in [3.05, 3.63) is 59.4 Å². The SMILES string of the molecule is O=C(CSc1nnc(CN2CCOCC2)n1-c1ccc(Cl)cc1)Nc1ccc(N2CCOCC2)cc1. The summed E-state index contributed by atoms with van der Waals surface area (Å²) in [5, 5.41) is 13.2. The van der Waals surface area contributed by atoms with E-state index in [4.69, 9.17) is 21.1 Å². The van der Waals surface area contributed by atoms with Crippen LogP contribution in [-0.2, 0) is 20.8 Å². The van der Waals surface area contributed by atoms with Crippen LogP contribution in [0, 0.1) is 0 Å². The van der Waals surface area contributed by atoms with E-state index in [2.05, 4.69) is 25.3 Å². The number of thioether (sulfide) groups is 1. The largest absolute Gasteiger partial charge is 0.379 e. The number of aromatic nitrogens is 3. The number of carbonyl (C=O) groups is 1. The lowest BCUT2D eigenvalue weighted by Gasteiger charge is -2.28. The molecule has 0 bridgehead atoms. The van der Waals surface area contributed by atoms with Crippen molar-refractivity contribution in [1.29, 1.82) is 0 Å². The molecule has 190 valence electrons. The fraction of sp³-hybridized carbons (Fsp3) is 0.400. The molecular weight excluding hydrogens is 500 g/mol. The third-order valence-corrected chi connectivity index (χ3v) is 7.29. The highest BCUT2D eigenvalue weighted by Crippen LogP contribution is 2.25. The zero-order valence-electron chi connectivity index (χ0n) is 19.9. The number of amides is 1. The first-order valence-corrected chi connectivity index (χ1v) is 13.4. The van der Waals surface area contributed by atoms with Crippen molar-refractivity contribution in [3.8, 4) is 5.69 Å². The standard InChI is InChI=1S/C25H29ClN6O3S/c26-19-1-5-22(6-2-19)32-23(17-30-9-13-34-14-10-30)28-29-25(32)36-18-24(33)27-20-3-7-21(8-4-20)31-11-15-35-16-12-31/h1-8H,9-18H2,(H,27,33). The zero-order valence-corrected chi connectivity index (χ0v) is 21.5. The van der Waals surface area contributed by atoms with E-state index in [1.165, 1.54) is 11.8 Å². The van der Waals surface area contributed by atoms with Gasteiger partial charge in [-0.15, -0.1) is 10.2 Å². The molecule has 36 heavy (non-hydrogen) atoms. The summed E-state index contributed by atoms with van der Waals surface area (Å²) in [7, 11) is 0. The first-order valence-electron chi connectivity index (χ1n) is 12.0. The minimum Gasteiger partial charge on any atom is -0.379 e. The number of hydrogen-bond donors (Lipinski definition) is 1. The van der Waals surface area contributed by atoms with E-state index in [-0.39, 0.29) is 11.7 Å². The maximum absolute atomic E-state index is 12.7. The molecule has 3 aromatic rings. The van der Waals surface area contributed by atoms with Gasteiger partial charge in [0.2, 0.25) is 5.91 Å². The van der Waals surface area contributed by atoms with Crippen LogP contribution in [0.4, 0.5) is 11.4 Å². The topological polar surface area (TPSA) is 84.8 Å². The van der Waals surface area contributed by atoms with Gasteiger partial charge in [0.1, 0.15) is 0 Å². The van der Waals surface area contributed by atoms with Gasteiger partial charge in [-0.1, -0.05) is 23.4 Å².